The number of carbonyl (C=O) groups excluding carboxylic acids is 1. The zero-order valence-corrected chi connectivity index (χ0v) is 11.4. The Labute approximate surface area is 114 Å². The first-order chi connectivity index (χ1) is 9.15. The van der Waals surface area contributed by atoms with Crippen LogP contribution in [0.3, 0.4) is 0 Å². The average Bonchev–Trinajstić information content (AvgIpc) is 2.88. The highest BCUT2D eigenvalue weighted by Crippen LogP contribution is 2.23. The standard InChI is InChI=1S/C15H21N3O/c1-11-4-5-12(16)9-14(11)15(19)18-8-7-17-6-2-3-13(17)10-18/h4-5,9,13H,2-3,6-8,10,16H2,1H3. The van der Waals surface area contributed by atoms with E-state index in [0.29, 0.717) is 11.7 Å². The quantitative estimate of drug-likeness (QED) is 0.778. The molecular weight excluding hydrogens is 238 g/mol. The molecule has 2 aliphatic rings. The maximum absolute atomic E-state index is 12.6. The topological polar surface area (TPSA) is 49.6 Å². The highest BCUT2D eigenvalue weighted by Gasteiger charge is 2.33. The molecule has 0 spiro atoms. The molecule has 0 aliphatic carbocycles. The minimum Gasteiger partial charge on any atom is -0.399 e. The van der Waals surface area contributed by atoms with Crippen LogP contribution in [0, 0.1) is 6.92 Å². The number of aryl methyl sites for hydroxylation is 1. The molecule has 0 bridgehead atoms. The molecule has 3 rings (SSSR count). The lowest BCUT2D eigenvalue weighted by Crippen LogP contribution is -2.52. The molecule has 0 radical (unpaired) electrons. The fraction of sp³-hybridized carbons (Fsp3) is 0.533. The van der Waals surface area contributed by atoms with E-state index in [-0.39, 0.29) is 5.91 Å². The lowest BCUT2D eigenvalue weighted by molar-refractivity contribution is 0.0570. The summed E-state index contributed by atoms with van der Waals surface area (Å²) in [5.41, 5.74) is 8.23. The molecule has 1 aromatic rings. The molecule has 102 valence electrons. The van der Waals surface area contributed by atoms with Crippen molar-refractivity contribution < 1.29 is 4.79 Å². The largest absolute Gasteiger partial charge is 0.399 e. The number of benzene rings is 1. The number of fused-ring (bicyclic) bond motifs is 1. The fourth-order valence-electron chi connectivity index (χ4n) is 3.22. The van der Waals surface area contributed by atoms with Crippen molar-refractivity contribution in [3.05, 3.63) is 29.3 Å². The number of nitrogens with two attached hydrogens (primary N) is 1. The van der Waals surface area contributed by atoms with Crippen molar-refractivity contribution in [2.24, 2.45) is 0 Å². The van der Waals surface area contributed by atoms with Gasteiger partial charge in [-0.2, -0.15) is 0 Å². The number of anilines is 1. The summed E-state index contributed by atoms with van der Waals surface area (Å²) in [6.07, 6.45) is 2.49. The summed E-state index contributed by atoms with van der Waals surface area (Å²) in [5, 5.41) is 0. The zero-order chi connectivity index (χ0) is 13.4. The SMILES string of the molecule is Cc1ccc(N)cc1C(=O)N1CCN2CCCC2C1. The van der Waals surface area contributed by atoms with E-state index in [2.05, 4.69) is 4.90 Å². The number of nitrogens with zero attached hydrogens (tertiary/aromatic N) is 2. The molecule has 1 unspecified atom stereocenters. The predicted molar refractivity (Wildman–Crippen MR) is 76.1 cm³/mol. The van der Waals surface area contributed by atoms with E-state index in [1.54, 1.807) is 6.07 Å². The fourth-order valence-corrected chi connectivity index (χ4v) is 3.22. The summed E-state index contributed by atoms with van der Waals surface area (Å²) >= 11 is 0. The van der Waals surface area contributed by atoms with Crippen LogP contribution in [0.4, 0.5) is 5.69 Å². The Hall–Kier alpha value is -1.55. The third-order valence-corrected chi connectivity index (χ3v) is 4.37. The second-order valence-electron chi connectivity index (χ2n) is 5.66. The highest BCUT2D eigenvalue weighted by atomic mass is 16.2. The van der Waals surface area contributed by atoms with Crippen LogP contribution in [0.15, 0.2) is 18.2 Å². The van der Waals surface area contributed by atoms with Crippen LogP contribution >= 0.6 is 0 Å². The van der Waals surface area contributed by atoms with Gasteiger partial charge in [0.2, 0.25) is 0 Å². The van der Waals surface area contributed by atoms with Gasteiger partial charge in [-0.15, -0.1) is 0 Å². The minimum atomic E-state index is 0.136. The minimum absolute atomic E-state index is 0.136. The number of piperazine rings is 1. The molecular formula is C15H21N3O. The van der Waals surface area contributed by atoms with Crippen LogP contribution < -0.4 is 5.73 Å². The summed E-state index contributed by atoms with van der Waals surface area (Å²) in [7, 11) is 0. The van der Waals surface area contributed by atoms with Gasteiger partial charge in [0.25, 0.3) is 5.91 Å². The molecule has 1 atom stereocenters. The first kappa shape index (κ1) is 12.5. The molecule has 0 saturated carbocycles. The average molecular weight is 259 g/mol. The van der Waals surface area contributed by atoms with E-state index in [0.717, 1.165) is 30.8 Å². The predicted octanol–water partition coefficient (Wildman–Crippen LogP) is 1.50. The van der Waals surface area contributed by atoms with Crippen LogP contribution in [0.2, 0.25) is 0 Å². The molecule has 4 nitrogen and oxygen atoms in total. The van der Waals surface area contributed by atoms with Gasteiger partial charge in [0.15, 0.2) is 0 Å². The van der Waals surface area contributed by atoms with Crippen molar-refractivity contribution >= 4 is 11.6 Å². The Balaban J connectivity index is 1.78. The van der Waals surface area contributed by atoms with Crippen molar-refractivity contribution in [2.75, 3.05) is 31.9 Å². The normalized spacial score (nSPS) is 23.4. The first-order valence-corrected chi connectivity index (χ1v) is 7.04. The summed E-state index contributed by atoms with van der Waals surface area (Å²) in [6.45, 7) is 5.89. The van der Waals surface area contributed by atoms with E-state index in [1.165, 1.54) is 19.4 Å². The number of rotatable bonds is 1. The number of carbonyl (C=O) groups is 1. The van der Waals surface area contributed by atoms with Gasteiger partial charge in [-0.3, -0.25) is 9.69 Å². The van der Waals surface area contributed by atoms with E-state index >= 15 is 0 Å². The third kappa shape index (κ3) is 2.32. The first-order valence-electron chi connectivity index (χ1n) is 7.04. The molecule has 19 heavy (non-hydrogen) atoms. The zero-order valence-electron chi connectivity index (χ0n) is 11.4. The van der Waals surface area contributed by atoms with Crippen molar-refractivity contribution in [1.82, 2.24) is 9.80 Å². The van der Waals surface area contributed by atoms with Gasteiger partial charge in [0.1, 0.15) is 0 Å². The summed E-state index contributed by atoms with van der Waals surface area (Å²) < 4.78 is 0. The van der Waals surface area contributed by atoms with E-state index in [1.807, 2.05) is 24.0 Å². The van der Waals surface area contributed by atoms with Crippen molar-refractivity contribution in [2.45, 2.75) is 25.8 Å². The molecule has 4 heteroatoms. The van der Waals surface area contributed by atoms with Gasteiger partial charge in [0.05, 0.1) is 0 Å². The van der Waals surface area contributed by atoms with Crippen LogP contribution in [-0.4, -0.2) is 47.9 Å². The van der Waals surface area contributed by atoms with Crippen LogP contribution in [0.5, 0.6) is 0 Å². The highest BCUT2D eigenvalue weighted by molar-refractivity contribution is 5.96. The van der Waals surface area contributed by atoms with E-state index < -0.39 is 0 Å². The lowest BCUT2D eigenvalue weighted by atomic mass is 10.1. The number of hydrogen-bond acceptors (Lipinski definition) is 3. The monoisotopic (exact) mass is 259 g/mol. The van der Waals surface area contributed by atoms with Crippen molar-refractivity contribution in [3.8, 4) is 0 Å². The second kappa shape index (κ2) is 4.85. The van der Waals surface area contributed by atoms with Gasteiger partial charge in [0, 0.05) is 36.9 Å². The summed E-state index contributed by atoms with van der Waals surface area (Å²) in [4.78, 5) is 17.1. The van der Waals surface area contributed by atoms with Crippen LogP contribution in [-0.2, 0) is 0 Å². The van der Waals surface area contributed by atoms with Gasteiger partial charge < -0.3 is 10.6 Å². The smallest absolute Gasteiger partial charge is 0.254 e. The summed E-state index contributed by atoms with van der Waals surface area (Å²) in [6, 6.07) is 6.15. The van der Waals surface area contributed by atoms with Crippen molar-refractivity contribution in [1.29, 1.82) is 0 Å². The van der Waals surface area contributed by atoms with Crippen molar-refractivity contribution in [3.63, 3.8) is 0 Å². The second-order valence-corrected chi connectivity index (χ2v) is 5.66. The summed E-state index contributed by atoms with van der Waals surface area (Å²) in [5.74, 6) is 0.136. The van der Waals surface area contributed by atoms with Gasteiger partial charge in [-0.05, 0) is 44.0 Å². The van der Waals surface area contributed by atoms with Gasteiger partial charge >= 0.3 is 0 Å². The molecule has 2 fully saturated rings. The van der Waals surface area contributed by atoms with Crippen LogP contribution in [0.1, 0.15) is 28.8 Å². The molecule has 2 heterocycles. The Kier molecular flexibility index (Phi) is 3.19. The molecule has 2 N–H and O–H groups in total. The Bertz CT molecular complexity index is 500. The Morgan fingerprint density at radius 2 is 2.16 bits per heavy atom. The molecule has 1 aromatic carbocycles. The number of amides is 1. The lowest BCUT2D eigenvalue weighted by Gasteiger charge is -2.37. The maximum Gasteiger partial charge on any atom is 0.254 e. The maximum atomic E-state index is 12.6. The van der Waals surface area contributed by atoms with E-state index in [9.17, 15) is 4.79 Å². The Morgan fingerprint density at radius 1 is 1.32 bits per heavy atom. The molecule has 2 saturated heterocycles. The van der Waals surface area contributed by atoms with Crippen LogP contribution in [0.25, 0.3) is 0 Å². The van der Waals surface area contributed by atoms with E-state index in [4.69, 9.17) is 5.73 Å². The van der Waals surface area contributed by atoms with Gasteiger partial charge in [-0.1, -0.05) is 6.07 Å². The Morgan fingerprint density at radius 3 is 3.00 bits per heavy atom. The third-order valence-electron chi connectivity index (χ3n) is 4.37. The number of hydrogen-bond donors (Lipinski definition) is 1. The number of nitrogen functional groups attached to an aromatic ring is 1. The van der Waals surface area contributed by atoms with Gasteiger partial charge in [-0.25, -0.2) is 0 Å². The molecule has 0 aromatic heterocycles. The molecule has 2 aliphatic heterocycles. The molecule has 1 amide bonds.